The van der Waals surface area contributed by atoms with Crippen molar-refractivity contribution in [3.8, 4) is 5.69 Å². The van der Waals surface area contributed by atoms with E-state index < -0.39 is 0 Å². The number of nitrogens with zero attached hydrogens (tertiary/aromatic N) is 3. The molecule has 1 aliphatic heterocycles. The van der Waals surface area contributed by atoms with Crippen molar-refractivity contribution in [2.45, 2.75) is 38.8 Å². The monoisotopic (exact) mass is 388 g/mol. The number of para-hydroxylation sites is 1. The molecular formula is C24H28N4O. The number of carbonyl (C=O) groups is 1. The molecule has 1 amide bonds. The van der Waals surface area contributed by atoms with Crippen LogP contribution in [-0.4, -0.2) is 39.7 Å². The van der Waals surface area contributed by atoms with Crippen LogP contribution in [0.4, 0.5) is 0 Å². The number of amides is 1. The van der Waals surface area contributed by atoms with Gasteiger partial charge in [-0.05, 0) is 57.0 Å². The van der Waals surface area contributed by atoms with E-state index in [4.69, 9.17) is 5.10 Å². The molecular weight excluding hydrogens is 360 g/mol. The summed E-state index contributed by atoms with van der Waals surface area (Å²) in [5.41, 5.74) is 4.05. The van der Waals surface area contributed by atoms with Gasteiger partial charge in [-0.1, -0.05) is 35.9 Å². The van der Waals surface area contributed by atoms with Crippen LogP contribution >= 0.6 is 0 Å². The SMILES string of the molecule is Cc1ccc(C(=O)N2CCC(NC(C)c3ccn(-c4ccccc4)n3)CC2)cc1. The molecule has 0 spiro atoms. The van der Waals surface area contributed by atoms with E-state index >= 15 is 0 Å². The first-order valence-corrected chi connectivity index (χ1v) is 10.3. The molecule has 1 unspecified atom stereocenters. The first-order chi connectivity index (χ1) is 14.1. The number of hydrogen-bond acceptors (Lipinski definition) is 3. The molecule has 1 aromatic heterocycles. The maximum Gasteiger partial charge on any atom is 0.253 e. The molecule has 0 aliphatic carbocycles. The lowest BCUT2D eigenvalue weighted by Gasteiger charge is -2.33. The van der Waals surface area contributed by atoms with Gasteiger partial charge in [0.25, 0.3) is 5.91 Å². The molecule has 1 fully saturated rings. The molecule has 2 heterocycles. The summed E-state index contributed by atoms with van der Waals surface area (Å²) in [5, 5.41) is 8.42. The highest BCUT2D eigenvalue weighted by Gasteiger charge is 2.25. The van der Waals surface area contributed by atoms with Crippen molar-refractivity contribution >= 4 is 5.91 Å². The summed E-state index contributed by atoms with van der Waals surface area (Å²) < 4.78 is 1.91. The number of hydrogen-bond donors (Lipinski definition) is 1. The van der Waals surface area contributed by atoms with Crippen molar-refractivity contribution in [1.82, 2.24) is 20.0 Å². The molecule has 1 aliphatic rings. The Morgan fingerprint density at radius 1 is 1.03 bits per heavy atom. The zero-order valence-electron chi connectivity index (χ0n) is 17.1. The zero-order valence-corrected chi connectivity index (χ0v) is 17.1. The maximum absolute atomic E-state index is 12.7. The predicted molar refractivity (Wildman–Crippen MR) is 115 cm³/mol. The van der Waals surface area contributed by atoms with Crippen molar-refractivity contribution in [2.75, 3.05) is 13.1 Å². The molecule has 1 atom stereocenters. The quantitative estimate of drug-likeness (QED) is 0.715. The molecule has 5 heteroatoms. The minimum atomic E-state index is 0.137. The number of aromatic nitrogens is 2. The highest BCUT2D eigenvalue weighted by Crippen LogP contribution is 2.19. The molecule has 29 heavy (non-hydrogen) atoms. The second kappa shape index (κ2) is 8.62. The summed E-state index contributed by atoms with van der Waals surface area (Å²) >= 11 is 0. The summed E-state index contributed by atoms with van der Waals surface area (Å²) in [7, 11) is 0. The molecule has 2 aromatic carbocycles. The minimum absolute atomic E-state index is 0.137. The summed E-state index contributed by atoms with van der Waals surface area (Å²) in [6.07, 6.45) is 3.92. The molecule has 3 aromatic rings. The van der Waals surface area contributed by atoms with Crippen LogP contribution in [0.3, 0.4) is 0 Å². The largest absolute Gasteiger partial charge is 0.339 e. The third kappa shape index (κ3) is 4.57. The Balaban J connectivity index is 1.31. The zero-order chi connectivity index (χ0) is 20.2. The van der Waals surface area contributed by atoms with Crippen molar-refractivity contribution in [2.24, 2.45) is 0 Å². The molecule has 5 nitrogen and oxygen atoms in total. The molecule has 1 saturated heterocycles. The fourth-order valence-electron chi connectivity index (χ4n) is 3.86. The smallest absolute Gasteiger partial charge is 0.253 e. The van der Waals surface area contributed by atoms with Crippen LogP contribution in [0.15, 0.2) is 66.9 Å². The lowest BCUT2D eigenvalue weighted by Crippen LogP contribution is -2.45. The van der Waals surface area contributed by atoms with Gasteiger partial charge in [-0.15, -0.1) is 0 Å². The van der Waals surface area contributed by atoms with Gasteiger partial charge in [0.05, 0.1) is 11.4 Å². The van der Waals surface area contributed by atoms with Crippen LogP contribution in [0.1, 0.15) is 47.4 Å². The Labute approximate surface area is 172 Å². The second-order valence-electron chi connectivity index (χ2n) is 7.84. The highest BCUT2D eigenvalue weighted by molar-refractivity contribution is 5.94. The van der Waals surface area contributed by atoms with E-state index in [0.29, 0.717) is 6.04 Å². The number of aryl methyl sites for hydroxylation is 1. The van der Waals surface area contributed by atoms with Crippen LogP contribution in [0.2, 0.25) is 0 Å². The lowest BCUT2D eigenvalue weighted by molar-refractivity contribution is 0.0702. The van der Waals surface area contributed by atoms with Crippen LogP contribution in [-0.2, 0) is 0 Å². The van der Waals surface area contributed by atoms with Gasteiger partial charge in [-0.3, -0.25) is 4.79 Å². The number of benzene rings is 2. The average Bonchev–Trinajstić information content (AvgIpc) is 3.26. The normalized spacial score (nSPS) is 16.0. The van der Waals surface area contributed by atoms with Crippen molar-refractivity contribution in [3.63, 3.8) is 0 Å². The first kappa shape index (κ1) is 19.4. The second-order valence-corrected chi connectivity index (χ2v) is 7.84. The van der Waals surface area contributed by atoms with Gasteiger partial charge in [0.1, 0.15) is 0 Å². The van der Waals surface area contributed by atoms with Gasteiger partial charge < -0.3 is 10.2 Å². The van der Waals surface area contributed by atoms with Crippen molar-refractivity contribution < 1.29 is 4.79 Å². The van der Waals surface area contributed by atoms with E-state index in [1.807, 2.05) is 65.2 Å². The van der Waals surface area contributed by atoms with Gasteiger partial charge in [0, 0.05) is 36.9 Å². The van der Waals surface area contributed by atoms with E-state index in [-0.39, 0.29) is 11.9 Å². The lowest BCUT2D eigenvalue weighted by atomic mass is 10.0. The van der Waals surface area contributed by atoms with Crippen molar-refractivity contribution in [3.05, 3.63) is 83.7 Å². The van der Waals surface area contributed by atoms with E-state index in [1.54, 1.807) is 0 Å². The summed E-state index contributed by atoms with van der Waals surface area (Å²) in [5.74, 6) is 0.137. The van der Waals surface area contributed by atoms with Crippen molar-refractivity contribution in [1.29, 1.82) is 0 Å². The Morgan fingerprint density at radius 2 is 1.72 bits per heavy atom. The van der Waals surface area contributed by atoms with Crippen LogP contribution in [0.25, 0.3) is 5.69 Å². The number of likely N-dealkylation sites (tertiary alicyclic amines) is 1. The van der Waals surface area contributed by atoms with Gasteiger partial charge in [-0.25, -0.2) is 4.68 Å². The van der Waals surface area contributed by atoms with E-state index in [0.717, 1.165) is 42.9 Å². The predicted octanol–water partition coefficient (Wildman–Crippen LogP) is 4.14. The van der Waals surface area contributed by atoms with Gasteiger partial charge >= 0.3 is 0 Å². The number of rotatable bonds is 5. The van der Waals surface area contributed by atoms with E-state index in [2.05, 4.69) is 30.4 Å². The van der Waals surface area contributed by atoms with Gasteiger partial charge in [-0.2, -0.15) is 5.10 Å². The minimum Gasteiger partial charge on any atom is -0.339 e. The number of piperidine rings is 1. The molecule has 150 valence electrons. The first-order valence-electron chi connectivity index (χ1n) is 10.3. The Morgan fingerprint density at radius 3 is 2.41 bits per heavy atom. The fourth-order valence-corrected chi connectivity index (χ4v) is 3.86. The van der Waals surface area contributed by atoms with E-state index in [1.165, 1.54) is 5.56 Å². The van der Waals surface area contributed by atoms with Crippen LogP contribution in [0, 0.1) is 6.92 Å². The summed E-state index contributed by atoms with van der Waals surface area (Å²) in [6.45, 7) is 5.77. The number of carbonyl (C=O) groups excluding carboxylic acids is 1. The summed E-state index contributed by atoms with van der Waals surface area (Å²) in [4.78, 5) is 14.7. The molecule has 4 rings (SSSR count). The standard InChI is InChI=1S/C24H28N4O/c1-18-8-10-20(11-9-18)24(29)27-15-12-21(13-16-27)25-19(2)23-14-17-28(26-23)22-6-4-3-5-7-22/h3-11,14,17,19,21,25H,12-13,15-16H2,1-2H3. The Hall–Kier alpha value is -2.92. The third-order valence-electron chi connectivity index (χ3n) is 5.64. The Bertz CT molecular complexity index is 941. The Kier molecular flexibility index (Phi) is 5.76. The molecule has 0 radical (unpaired) electrons. The number of nitrogens with one attached hydrogen (secondary N) is 1. The average molecular weight is 389 g/mol. The molecule has 0 saturated carbocycles. The van der Waals surface area contributed by atoms with Gasteiger partial charge in [0.2, 0.25) is 0 Å². The fraction of sp³-hybridized carbons (Fsp3) is 0.333. The van der Waals surface area contributed by atoms with Crippen LogP contribution < -0.4 is 5.32 Å². The molecule has 1 N–H and O–H groups in total. The maximum atomic E-state index is 12.7. The molecule has 0 bridgehead atoms. The highest BCUT2D eigenvalue weighted by atomic mass is 16.2. The van der Waals surface area contributed by atoms with Crippen LogP contribution in [0.5, 0.6) is 0 Å². The van der Waals surface area contributed by atoms with Gasteiger partial charge in [0.15, 0.2) is 0 Å². The van der Waals surface area contributed by atoms with E-state index in [9.17, 15) is 4.79 Å². The summed E-state index contributed by atoms with van der Waals surface area (Å²) in [6, 6.07) is 20.6. The third-order valence-corrected chi connectivity index (χ3v) is 5.64. The topological polar surface area (TPSA) is 50.2 Å².